The number of carboxylic acids is 1. The molecule has 5 aromatic rings. The Morgan fingerprint density at radius 3 is 2.54 bits per heavy atom. The number of nitrogens with zero attached hydrogens (tertiary/aromatic N) is 2. The number of thiophene rings is 1. The van der Waals surface area contributed by atoms with E-state index in [4.69, 9.17) is 21.4 Å². The first-order valence-electron chi connectivity index (χ1n) is 10.9. The zero-order valence-corrected chi connectivity index (χ0v) is 21.3. The summed E-state index contributed by atoms with van der Waals surface area (Å²) >= 11 is 7.28. The van der Waals surface area contributed by atoms with E-state index in [0.717, 1.165) is 0 Å². The highest BCUT2D eigenvalue weighted by Gasteiger charge is 2.30. The predicted molar refractivity (Wildman–Crippen MR) is 143 cm³/mol. The van der Waals surface area contributed by atoms with Crippen molar-refractivity contribution in [2.45, 2.75) is 4.90 Å². The first-order chi connectivity index (χ1) is 17.8. The van der Waals surface area contributed by atoms with Gasteiger partial charge in [-0.15, -0.1) is 11.3 Å². The Bertz CT molecular complexity index is 1800. The second kappa shape index (κ2) is 9.75. The molecule has 0 bridgehead atoms. The number of ether oxygens (including phenoxy) is 1. The molecule has 0 aliphatic heterocycles. The van der Waals surface area contributed by atoms with E-state index in [2.05, 4.69) is 6.07 Å². The highest BCUT2D eigenvalue weighted by molar-refractivity contribution is 7.90. The van der Waals surface area contributed by atoms with Gasteiger partial charge in [-0.1, -0.05) is 41.9 Å². The molecule has 0 radical (unpaired) electrons. The van der Waals surface area contributed by atoms with Crippen LogP contribution in [0.15, 0.2) is 89.1 Å². The third-order valence-corrected chi connectivity index (χ3v) is 8.49. The first kappa shape index (κ1) is 24.6. The molecule has 0 atom stereocenters. The molecule has 184 valence electrons. The van der Waals surface area contributed by atoms with Gasteiger partial charge < -0.3 is 9.84 Å². The molecule has 2 aromatic heterocycles. The smallest absolute Gasteiger partial charge is 0.341 e. The Hall–Kier alpha value is -4.10. The fourth-order valence-electron chi connectivity index (χ4n) is 4.18. The Kier molecular flexibility index (Phi) is 6.48. The molecular formula is C27H17ClN2O5S2. The van der Waals surface area contributed by atoms with Gasteiger partial charge >= 0.3 is 5.97 Å². The van der Waals surface area contributed by atoms with Gasteiger partial charge in [0.05, 0.1) is 16.1 Å². The molecule has 7 nitrogen and oxygen atoms in total. The van der Waals surface area contributed by atoms with Crippen molar-refractivity contribution in [3.63, 3.8) is 0 Å². The van der Waals surface area contributed by atoms with Gasteiger partial charge in [0.1, 0.15) is 16.7 Å². The minimum Gasteiger partial charge on any atom is -0.482 e. The van der Waals surface area contributed by atoms with Crippen molar-refractivity contribution in [2.75, 3.05) is 6.61 Å². The van der Waals surface area contributed by atoms with Crippen LogP contribution in [0.3, 0.4) is 0 Å². The molecule has 0 aliphatic rings. The Balaban J connectivity index is 1.89. The minimum absolute atomic E-state index is 0.0366. The fourth-order valence-corrected chi connectivity index (χ4v) is 6.54. The molecule has 0 aliphatic carbocycles. The fraction of sp³-hybridized carbons (Fsp3) is 0.0370. The summed E-state index contributed by atoms with van der Waals surface area (Å²) in [5.74, 6) is -0.875. The van der Waals surface area contributed by atoms with E-state index in [-0.39, 0.29) is 10.6 Å². The first-order valence-corrected chi connectivity index (χ1v) is 13.6. The van der Waals surface area contributed by atoms with Crippen molar-refractivity contribution in [1.29, 1.82) is 5.26 Å². The molecule has 2 heterocycles. The summed E-state index contributed by atoms with van der Waals surface area (Å²) in [7, 11) is -4.15. The minimum atomic E-state index is -4.15. The van der Waals surface area contributed by atoms with Gasteiger partial charge in [0.15, 0.2) is 6.61 Å². The van der Waals surface area contributed by atoms with Gasteiger partial charge in [-0.2, -0.15) is 5.26 Å². The lowest BCUT2D eigenvalue weighted by atomic mass is 9.99. The standard InChI is InChI=1S/C27H17ClN2O5S2/c28-18-8-10-20(11-9-18)37(33,34)30-23-7-2-1-6-21(23)26(22-12-13-36-24(22)15-29)27(30)17-4-3-5-19(14-17)35-16-25(31)32/h1-14H,16H2,(H,31,32). The molecule has 0 saturated carbocycles. The molecule has 37 heavy (non-hydrogen) atoms. The number of aliphatic carboxylic acids is 1. The summed E-state index contributed by atoms with van der Waals surface area (Å²) in [6.07, 6.45) is 0. The Labute approximate surface area is 221 Å². The van der Waals surface area contributed by atoms with E-state index < -0.39 is 22.6 Å². The monoisotopic (exact) mass is 548 g/mol. The molecule has 3 aromatic carbocycles. The van der Waals surface area contributed by atoms with Crippen LogP contribution in [0.4, 0.5) is 0 Å². The normalized spacial score (nSPS) is 11.4. The van der Waals surface area contributed by atoms with Crippen LogP contribution < -0.4 is 4.74 Å². The molecule has 1 N–H and O–H groups in total. The number of hydrogen-bond acceptors (Lipinski definition) is 6. The van der Waals surface area contributed by atoms with Crippen molar-refractivity contribution in [3.05, 3.63) is 94.1 Å². The van der Waals surface area contributed by atoms with Gasteiger partial charge in [0.2, 0.25) is 0 Å². The number of hydrogen-bond donors (Lipinski definition) is 1. The van der Waals surface area contributed by atoms with Crippen molar-refractivity contribution < 1.29 is 23.1 Å². The Morgan fingerprint density at radius 1 is 1.05 bits per heavy atom. The second-order valence-corrected chi connectivity index (χ2v) is 11.1. The summed E-state index contributed by atoms with van der Waals surface area (Å²) in [6, 6.07) is 23.5. The van der Waals surface area contributed by atoms with Crippen molar-refractivity contribution in [3.8, 4) is 34.2 Å². The van der Waals surface area contributed by atoms with E-state index in [1.54, 1.807) is 53.9 Å². The van der Waals surface area contributed by atoms with Crippen LogP contribution in [0.25, 0.3) is 33.3 Å². The highest BCUT2D eigenvalue weighted by atomic mass is 35.5. The number of para-hydroxylation sites is 1. The summed E-state index contributed by atoms with van der Waals surface area (Å²) in [5, 5.41) is 21.6. The molecule has 0 fully saturated rings. The molecule has 0 spiro atoms. The lowest BCUT2D eigenvalue weighted by Crippen LogP contribution is -2.14. The second-order valence-electron chi connectivity index (χ2n) is 7.95. The van der Waals surface area contributed by atoms with Crippen LogP contribution in [-0.2, 0) is 14.8 Å². The summed E-state index contributed by atoms with van der Waals surface area (Å²) < 4.78 is 34.9. The van der Waals surface area contributed by atoms with Crippen LogP contribution in [-0.4, -0.2) is 30.1 Å². The van der Waals surface area contributed by atoms with E-state index in [1.165, 1.54) is 39.6 Å². The molecule has 0 amide bonds. The molecule has 0 saturated heterocycles. The van der Waals surface area contributed by atoms with Crippen molar-refractivity contribution >= 4 is 49.8 Å². The summed E-state index contributed by atoms with van der Waals surface area (Å²) in [6.45, 7) is -0.550. The predicted octanol–water partition coefficient (Wildman–Crippen LogP) is 6.26. The maximum absolute atomic E-state index is 14.1. The lowest BCUT2D eigenvalue weighted by Gasteiger charge is -2.15. The number of nitriles is 1. The van der Waals surface area contributed by atoms with Gasteiger partial charge in [-0.25, -0.2) is 17.2 Å². The number of halogens is 1. The number of carboxylic acid groups (broad SMARTS) is 1. The van der Waals surface area contributed by atoms with Crippen molar-refractivity contribution in [2.24, 2.45) is 0 Å². The largest absolute Gasteiger partial charge is 0.482 e. The maximum atomic E-state index is 14.1. The summed E-state index contributed by atoms with van der Waals surface area (Å²) in [4.78, 5) is 11.5. The van der Waals surface area contributed by atoms with Crippen molar-refractivity contribution in [1.82, 2.24) is 3.97 Å². The van der Waals surface area contributed by atoms with Crippen LogP contribution in [0, 0.1) is 11.3 Å². The molecular weight excluding hydrogens is 532 g/mol. The zero-order valence-electron chi connectivity index (χ0n) is 19.0. The van der Waals surface area contributed by atoms with Crippen LogP contribution in [0.2, 0.25) is 5.02 Å². The average Bonchev–Trinajstić information content (AvgIpc) is 3.50. The topological polar surface area (TPSA) is 109 Å². The zero-order chi connectivity index (χ0) is 26.2. The summed E-state index contributed by atoms with van der Waals surface area (Å²) in [5.41, 5.74) is 2.39. The number of carbonyl (C=O) groups is 1. The number of rotatable bonds is 7. The quantitative estimate of drug-likeness (QED) is 0.257. The van der Waals surface area contributed by atoms with Gasteiger partial charge in [0, 0.05) is 27.1 Å². The van der Waals surface area contributed by atoms with E-state index in [1.807, 2.05) is 6.07 Å². The molecule has 10 heteroatoms. The van der Waals surface area contributed by atoms with E-state index >= 15 is 0 Å². The van der Waals surface area contributed by atoms with Gasteiger partial charge in [-0.05, 0) is 53.9 Å². The van der Waals surface area contributed by atoms with Crippen LogP contribution in [0.5, 0.6) is 5.75 Å². The van der Waals surface area contributed by atoms with Crippen LogP contribution >= 0.6 is 22.9 Å². The lowest BCUT2D eigenvalue weighted by molar-refractivity contribution is -0.139. The molecule has 0 unspecified atom stereocenters. The number of benzene rings is 3. The van der Waals surface area contributed by atoms with E-state index in [0.29, 0.717) is 43.2 Å². The van der Waals surface area contributed by atoms with E-state index in [9.17, 15) is 18.5 Å². The third-order valence-electron chi connectivity index (χ3n) is 5.69. The number of fused-ring (bicyclic) bond motifs is 1. The SMILES string of the molecule is N#Cc1sccc1-c1c(-c2cccc(OCC(=O)O)c2)n(S(=O)(=O)c2ccc(Cl)cc2)c2ccccc12. The molecule has 5 rings (SSSR count). The average molecular weight is 549 g/mol. The van der Waals surface area contributed by atoms with Gasteiger partial charge in [0.25, 0.3) is 10.0 Å². The van der Waals surface area contributed by atoms with Crippen LogP contribution in [0.1, 0.15) is 4.88 Å². The van der Waals surface area contributed by atoms with Gasteiger partial charge in [-0.3, -0.25) is 0 Å². The number of aromatic nitrogens is 1. The third kappa shape index (κ3) is 4.47. The Morgan fingerprint density at radius 2 is 1.81 bits per heavy atom. The maximum Gasteiger partial charge on any atom is 0.341 e. The highest BCUT2D eigenvalue weighted by Crippen LogP contribution is 2.45.